The van der Waals surface area contributed by atoms with Crippen LogP contribution >= 0.6 is 0 Å². The number of carbonyl (C=O) groups is 2. The number of amides is 2. The maximum atomic E-state index is 13.9. The van der Waals surface area contributed by atoms with E-state index in [0.29, 0.717) is 11.3 Å². The van der Waals surface area contributed by atoms with Crippen molar-refractivity contribution in [3.05, 3.63) is 94.8 Å². The first-order valence-electron chi connectivity index (χ1n) is 12.8. The van der Waals surface area contributed by atoms with Crippen molar-refractivity contribution in [1.82, 2.24) is 10.2 Å². The second-order valence-electron chi connectivity index (χ2n) is 10.1. The Morgan fingerprint density at radius 3 is 2.05 bits per heavy atom. The lowest BCUT2D eigenvalue weighted by molar-refractivity contribution is -0.139. The van der Waals surface area contributed by atoms with Crippen LogP contribution in [0.25, 0.3) is 0 Å². The summed E-state index contributed by atoms with van der Waals surface area (Å²) in [5, 5.41) is 2.81. The average molecular weight is 554 g/mol. The summed E-state index contributed by atoms with van der Waals surface area (Å²) in [7, 11) is -4.14. The van der Waals surface area contributed by atoms with Crippen molar-refractivity contribution in [3.8, 4) is 0 Å². The fourth-order valence-corrected chi connectivity index (χ4v) is 5.43. The molecule has 39 heavy (non-hydrogen) atoms. The summed E-state index contributed by atoms with van der Waals surface area (Å²) in [6, 6.07) is 16.2. The molecule has 1 N–H and O–H groups in total. The number of benzene rings is 3. The number of halogens is 1. The predicted molar refractivity (Wildman–Crippen MR) is 151 cm³/mol. The van der Waals surface area contributed by atoms with E-state index >= 15 is 0 Å². The van der Waals surface area contributed by atoms with Crippen molar-refractivity contribution in [2.24, 2.45) is 0 Å². The third-order valence-electron chi connectivity index (χ3n) is 6.53. The van der Waals surface area contributed by atoms with Crippen LogP contribution < -0.4 is 9.62 Å². The lowest BCUT2D eigenvalue weighted by Gasteiger charge is -2.32. The topological polar surface area (TPSA) is 86.8 Å². The summed E-state index contributed by atoms with van der Waals surface area (Å²) < 4.78 is 42.4. The highest BCUT2D eigenvalue weighted by atomic mass is 32.2. The van der Waals surface area contributed by atoms with Gasteiger partial charge in [0.2, 0.25) is 11.8 Å². The highest BCUT2D eigenvalue weighted by molar-refractivity contribution is 7.92. The first-order valence-corrected chi connectivity index (χ1v) is 14.2. The van der Waals surface area contributed by atoms with Crippen molar-refractivity contribution in [2.45, 2.75) is 65.1 Å². The molecule has 3 aromatic carbocycles. The molecule has 0 bridgehead atoms. The molecule has 2 amide bonds. The quantitative estimate of drug-likeness (QED) is 0.387. The molecule has 3 aromatic rings. The molecule has 0 aliphatic carbocycles. The molecule has 0 aromatic heterocycles. The van der Waals surface area contributed by atoms with Crippen LogP contribution in [0, 0.1) is 26.6 Å². The summed E-state index contributed by atoms with van der Waals surface area (Å²) in [4.78, 5) is 28.2. The summed E-state index contributed by atoms with van der Waals surface area (Å²) in [5.74, 6) is -1.37. The van der Waals surface area contributed by atoms with E-state index in [1.54, 1.807) is 31.2 Å². The van der Waals surface area contributed by atoms with Gasteiger partial charge in [-0.1, -0.05) is 35.9 Å². The van der Waals surface area contributed by atoms with Gasteiger partial charge in [-0.25, -0.2) is 12.8 Å². The van der Waals surface area contributed by atoms with Gasteiger partial charge in [0, 0.05) is 12.6 Å². The molecule has 0 aliphatic heterocycles. The van der Waals surface area contributed by atoms with Gasteiger partial charge in [-0.2, -0.15) is 0 Å². The maximum Gasteiger partial charge on any atom is 0.264 e. The van der Waals surface area contributed by atoms with E-state index in [-0.39, 0.29) is 23.4 Å². The number of hydrogen-bond donors (Lipinski definition) is 1. The van der Waals surface area contributed by atoms with Gasteiger partial charge in [0.15, 0.2) is 0 Å². The van der Waals surface area contributed by atoms with Crippen LogP contribution in [0.15, 0.2) is 71.6 Å². The van der Waals surface area contributed by atoms with Crippen LogP contribution in [0.5, 0.6) is 0 Å². The van der Waals surface area contributed by atoms with Crippen LogP contribution in [-0.2, 0) is 26.2 Å². The Labute approximate surface area is 230 Å². The molecule has 0 heterocycles. The molecule has 9 heteroatoms. The molecule has 0 radical (unpaired) electrons. The molecule has 1 atom stereocenters. The lowest BCUT2D eigenvalue weighted by Crippen LogP contribution is -2.52. The fraction of sp³-hybridized carbons (Fsp3) is 0.333. The van der Waals surface area contributed by atoms with Crippen LogP contribution in [-0.4, -0.2) is 43.8 Å². The number of aryl methyl sites for hydroxylation is 3. The van der Waals surface area contributed by atoms with Crippen LogP contribution in [0.3, 0.4) is 0 Å². The Hall–Kier alpha value is -3.72. The molecular weight excluding hydrogens is 517 g/mol. The van der Waals surface area contributed by atoms with Crippen molar-refractivity contribution in [1.29, 1.82) is 0 Å². The zero-order valence-electron chi connectivity index (χ0n) is 23.2. The van der Waals surface area contributed by atoms with Gasteiger partial charge in [0.05, 0.1) is 10.6 Å². The van der Waals surface area contributed by atoms with Crippen LogP contribution in [0.2, 0.25) is 0 Å². The minimum absolute atomic E-state index is 0.00284. The average Bonchev–Trinajstić information content (AvgIpc) is 2.88. The number of nitrogens with one attached hydrogen (secondary N) is 1. The van der Waals surface area contributed by atoms with Gasteiger partial charge in [-0.05, 0) is 94.6 Å². The van der Waals surface area contributed by atoms with Crippen molar-refractivity contribution in [2.75, 3.05) is 10.8 Å². The minimum Gasteiger partial charge on any atom is -0.352 e. The zero-order chi connectivity index (χ0) is 28.9. The third kappa shape index (κ3) is 7.44. The van der Waals surface area contributed by atoms with Gasteiger partial charge in [0.1, 0.15) is 18.4 Å². The number of carbonyl (C=O) groups excluding carboxylic acids is 2. The normalized spacial score (nSPS) is 12.2. The van der Waals surface area contributed by atoms with Crippen LogP contribution in [0.4, 0.5) is 10.1 Å². The highest BCUT2D eigenvalue weighted by Crippen LogP contribution is 2.27. The second kappa shape index (κ2) is 12.4. The Morgan fingerprint density at radius 1 is 0.872 bits per heavy atom. The van der Waals surface area contributed by atoms with Crippen molar-refractivity contribution >= 4 is 27.5 Å². The molecule has 0 saturated heterocycles. The standard InChI is InChI=1S/C30H36FN3O4S/c1-20(2)32-30(36)24(6)33(18-25-10-12-26(31)13-11-25)29(35)19-34(27-14-9-22(4)23(5)17-27)39(37,38)28-15-7-21(3)8-16-28/h7-17,20,24H,18-19H2,1-6H3,(H,32,36). The molecular formula is C30H36FN3O4S. The van der Waals surface area contributed by atoms with Crippen LogP contribution in [0.1, 0.15) is 43.0 Å². The number of hydrogen-bond acceptors (Lipinski definition) is 4. The lowest BCUT2D eigenvalue weighted by atomic mass is 10.1. The number of anilines is 1. The summed E-state index contributed by atoms with van der Waals surface area (Å²) in [6.45, 7) is 10.3. The Balaban J connectivity index is 2.05. The molecule has 0 fully saturated rings. The second-order valence-corrected chi connectivity index (χ2v) is 11.9. The number of sulfonamides is 1. The van der Waals surface area contributed by atoms with E-state index in [9.17, 15) is 22.4 Å². The third-order valence-corrected chi connectivity index (χ3v) is 8.32. The molecule has 0 spiro atoms. The molecule has 208 valence electrons. The minimum atomic E-state index is -4.14. The monoisotopic (exact) mass is 553 g/mol. The Bertz CT molecular complexity index is 1420. The summed E-state index contributed by atoms with van der Waals surface area (Å²) >= 11 is 0. The van der Waals surface area contributed by atoms with Gasteiger partial charge in [-0.3, -0.25) is 13.9 Å². The highest BCUT2D eigenvalue weighted by Gasteiger charge is 2.32. The first-order chi connectivity index (χ1) is 18.3. The summed E-state index contributed by atoms with van der Waals surface area (Å²) in [5.41, 5.74) is 3.70. The maximum absolute atomic E-state index is 13.9. The molecule has 0 aliphatic rings. The largest absolute Gasteiger partial charge is 0.352 e. The van der Waals surface area contributed by atoms with Gasteiger partial charge in [0.25, 0.3) is 10.0 Å². The predicted octanol–water partition coefficient (Wildman–Crippen LogP) is 4.89. The molecule has 7 nitrogen and oxygen atoms in total. The Kier molecular flexibility index (Phi) is 9.50. The van der Waals surface area contributed by atoms with E-state index in [1.807, 2.05) is 40.7 Å². The van der Waals surface area contributed by atoms with Crippen molar-refractivity contribution < 1.29 is 22.4 Å². The fourth-order valence-electron chi connectivity index (χ4n) is 4.02. The SMILES string of the molecule is Cc1ccc(S(=O)(=O)N(CC(=O)N(Cc2ccc(F)cc2)C(C)C(=O)NC(C)C)c2ccc(C)c(C)c2)cc1. The van der Waals surface area contributed by atoms with Gasteiger partial charge < -0.3 is 10.2 Å². The number of nitrogens with zero attached hydrogens (tertiary/aromatic N) is 2. The van der Waals surface area contributed by atoms with E-state index in [1.165, 1.54) is 41.3 Å². The Morgan fingerprint density at radius 2 is 1.49 bits per heavy atom. The smallest absolute Gasteiger partial charge is 0.264 e. The first kappa shape index (κ1) is 29.8. The zero-order valence-corrected chi connectivity index (χ0v) is 24.0. The van der Waals surface area contributed by atoms with Gasteiger partial charge in [-0.15, -0.1) is 0 Å². The molecule has 1 unspecified atom stereocenters. The van der Waals surface area contributed by atoms with Crippen molar-refractivity contribution in [3.63, 3.8) is 0 Å². The van der Waals surface area contributed by atoms with E-state index in [0.717, 1.165) is 21.0 Å². The number of rotatable bonds is 10. The van der Waals surface area contributed by atoms with E-state index in [2.05, 4.69) is 5.32 Å². The molecule has 3 rings (SSSR count). The van der Waals surface area contributed by atoms with E-state index in [4.69, 9.17) is 0 Å². The van der Waals surface area contributed by atoms with Gasteiger partial charge >= 0.3 is 0 Å². The van der Waals surface area contributed by atoms with E-state index < -0.39 is 34.3 Å². The summed E-state index contributed by atoms with van der Waals surface area (Å²) in [6.07, 6.45) is 0. The molecule has 0 saturated carbocycles.